The first-order chi connectivity index (χ1) is 15.1. The fourth-order valence-corrected chi connectivity index (χ4v) is 4.03. The van der Waals surface area contributed by atoms with Crippen LogP contribution in [0.15, 0.2) is 78.9 Å². The summed E-state index contributed by atoms with van der Waals surface area (Å²) in [5.74, 6) is -1.44. The number of piperazine rings is 1. The van der Waals surface area contributed by atoms with Crippen molar-refractivity contribution in [1.29, 1.82) is 0 Å². The third kappa shape index (κ3) is 5.09. The molecule has 0 atom stereocenters. The summed E-state index contributed by atoms with van der Waals surface area (Å²) < 4.78 is 26.8. The van der Waals surface area contributed by atoms with Gasteiger partial charge in [-0.2, -0.15) is 0 Å². The van der Waals surface area contributed by atoms with Gasteiger partial charge in [0.25, 0.3) is 0 Å². The summed E-state index contributed by atoms with van der Waals surface area (Å²) in [6.45, 7) is 2.66. The third-order valence-corrected chi connectivity index (χ3v) is 5.62. The Morgan fingerprint density at radius 2 is 1.42 bits per heavy atom. The number of anilines is 1. The van der Waals surface area contributed by atoms with Gasteiger partial charge in [0.05, 0.1) is 18.3 Å². The van der Waals surface area contributed by atoms with E-state index in [4.69, 9.17) is 0 Å². The number of nitrogens with zero attached hydrogens (tertiary/aromatic N) is 2. The molecule has 0 spiro atoms. The van der Waals surface area contributed by atoms with Gasteiger partial charge in [-0.25, -0.2) is 8.78 Å². The highest BCUT2D eigenvalue weighted by Gasteiger charge is 2.28. The van der Waals surface area contributed by atoms with E-state index < -0.39 is 11.6 Å². The maximum Gasteiger partial charge on any atom is 0.241 e. The van der Waals surface area contributed by atoms with Crippen molar-refractivity contribution < 1.29 is 13.6 Å². The Labute approximate surface area is 181 Å². The Morgan fingerprint density at radius 3 is 1.97 bits per heavy atom. The van der Waals surface area contributed by atoms with Gasteiger partial charge in [-0.05, 0) is 23.3 Å². The second-order valence-electron chi connectivity index (χ2n) is 7.62. The summed E-state index contributed by atoms with van der Waals surface area (Å²) in [6, 6.07) is 24.2. The first-order valence-corrected chi connectivity index (χ1v) is 10.4. The van der Waals surface area contributed by atoms with Crippen LogP contribution in [0.1, 0.15) is 17.2 Å². The molecule has 0 radical (unpaired) electrons. The van der Waals surface area contributed by atoms with E-state index in [9.17, 15) is 13.6 Å². The maximum absolute atomic E-state index is 13.8. The first-order valence-electron chi connectivity index (χ1n) is 10.4. The zero-order valence-electron chi connectivity index (χ0n) is 17.2. The lowest BCUT2D eigenvalue weighted by atomic mass is 9.96. The molecule has 3 aromatic rings. The number of carbonyl (C=O) groups excluding carboxylic acids is 1. The van der Waals surface area contributed by atoms with Crippen LogP contribution < -0.4 is 5.32 Å². The van der Waals surface area contributed by atoms with E-state index in [0.29, 0.717) is 13.1 Å². The Kier molecular flexibility index (Phi) is 6.57. The Bertz CT molecular complexity index is 966. The van der Waals surface area contributed by atoms with Crippen molar-refractivity contribution in [2.24, 2.45) is 0 Å². The van der Waals surface area contributed by atoms with Crippen LogP contribution in [0, 0.1) is 11.6 Å². The van der Waals surface area contributed by atoms with Crippen molar-refractivity contribution in [2.75, 3.05) is 38.0 Å². The second-order valence-corrected chi connectivity index (χ2v) is 7.62. The molecule has 1 heterocycles. The summed E-state index contributed by atoms with van der Waals surface area (Å²) in [6.07, 6.45) is 0. The van der Waals surface area contributed by atoms with Gasteiger partial charge in [-0.1, -0.05) is 60.7 Å². The highest BCUT2D eigenvalue weighted by Crippen LogP contribution is 2.29. The largest absolute Gasteiger partial charge is 0.374 e. The van der Waals surface area contributed by atoms with Gasteiger partial charge in [0.2, 0.25) is 5.91 Å². The predicted molar refractivity (Wildman–Crippen MR) is 118 cm³/mol. The molecule has 1 aliphatic heterocycles. The average molecular weight is 421 g/mol. The van der Waals surface area contributed by atoms with Crippen LogP contribution in [0.2, 0.25) is 0 Å². The fraction of sp³-hybridized carbons (Fsp3) is 0.240. The first kappa shape index (κ1) is 21.0. The number of hydrogen-bond donors (Lipinski definition) is 1. The normalized spacial score (nSPS) is 14.6. The molecule has 1 fully saturated rings. The number of nitrogens with one attached hydrogen (secondary N) is 1. The fourth-order valence-electron chi connectivity index (χ4n) is 4.03. The molecule has 1 N–H and O–H groups in total. The molecule has 31 heavy (non-hydrogen) atoms. The van der Waals surface area contributed by atoms with Crippen LogP contribution in [0.25, 0.3) is 0 Å². The van der Waals surface area contributed by atoms with Gasteiger partial charge in [0.1, 0.15) is 11.6 Å². The summed E-state index contributed by atoms with van der Waals surface area (Å²) in [5, 5.41) is 2.78. The quantitative estimate of drug-likeness (QED) is 0.644. The zero-order chi connectivity index (χ0) is 21.6. The summed E-state index contributed by atoms with van der Waals surface area (Å²) >= 11 is 0. The van der Waals surface area contributed by atoms with Crippen LogP contribution in [-0.4, -0.2) is 48.4 Å². The number of hydrogen-bond acceptors (Lipinski definition) is 3. The zero-order valence-corrected chi connectivity index (χ0v) is 17.2. The van der Waals surface area contributed by atoms with Crippen molar-refractivity contribution in [3.05, 3.63) is 102 Å². The average Bonchev–Trinajstić information content (AvgIpc) is 2.80. The van der Waals surface area contributed by atoms with Gasteiger partial charge in [-0.3, -0.25) is 9.69 Å². The molecule has 0 bridgehead atoms. The highest BCUT2D eigenvalue weighted by atomic mass is 19.1. The van der Waals surface area contributed by atoms with Crippen LogP contribution in [0.3, 0.4) is 0 Å². The van der Waals surface area contributed by atoms with Crippen LogP contribution in [-0.2, 0) is 4.79 Å². The molecule has 4 rings (SSSR count). The smallest absolute Gasteiger partial charge is 0.241 e. The number of carbonyl (C=O) groups is 1. The SMILES string of the molecule is O=C(CNc1ccc(F)cc1F)N1CCN(C(c2ccccc2)c2ccccc2)CC1. The van der Waals surface area contributed by atoms with E-state index >= 15 is 0 Å². The Hall–Kier alpha value is -3.25. The van der Waals surface area contributed by atoms with E-state index in [1.807, 2.05) is 36.4 Å². The molecular formula is C25H25F2N3O. The minimum absolute atomic E-state index is 0.0245. The second kappa shape index (κ2) is 9.71. The van der Waals surface area contributed by atoms with Crippen molar-refractivity contribution >= 4 is 11.6 Å². The molecule has 6 heteroatoms. The van der Waals surface area contributed by atoms with E-state index in [1.54, 1.807) is 4.90 Å². The minimum Gasteiger partial charge on any atom is -0.374 e. The molecule has 4 nitrogen and oxygen atoms in total. The van der Waals surface area contributed by atoms with Crippen molar-refractivity contribution in [1.82, 2.24) is 9.80 Å². The lowest BCUT2D eigenvalue weighted by Crippen LogP contribution is -2.51. The number of benzene rings is 3. The molecular weight excluding hydrogens is 396 g/mol. The number of amides is 1. The van der Waals surface area contributed by atoms with E-state index in [0.717, 1.165) is 19.2 Å². The minimum atomic E-state index is -0.703. The lowest BCUT2D eigenvalue weighted by molar-refractivity contribution is -0.131. The topological polar surface area (TPSA) is 35.6 Å². The van der Waals surface area contributed by atoms with Gasteiger partial charge in [-0.15, -0.1) is 0 Å². The number of halogens is 2. The maximum atomic E-state index is 13.8. The van der Waals surface area contributed by atoms with E-state index in [1.165, 1.54) is 23.3 Å². The van der Waals surface area contributed by atoms with Gasteiger partial charge in [0, 0.05) is 32.2 Å². The van der Waals surface area contributed by atoms with Crippen molar-refractivity contribution in [3.63, 3.8) is 0 Å². The summed E-state index contributed by atoms with van der Waals surface area (Å²) in [4.78, 5) is 16.8. The van der Waals surface area contributed by atoms with Crippen LogP contribution >= 0.6 is 0 Å². The van der Waals surface area contributed by atoms with Crippen LogP contribution in [0.5, 0.6) is 0 Å². The molecule has 0 saturated carbocycles. The van der Waals surface area contributed by atoms with Crippen LogP contribution in [0.4, 0.5) is 14.5 Å². The molecule has 3 aromatic carbocycles. The highest BCUT2D eigenvalue weighted by molar-refractivity contribution is 5.81. The Morgan fingerprint density at radius 1 is 0.839 bits per heavy atom. The Balaban J connectivity index is 1.39. The molecule has 1 amide bonds. The molecule has 1 saturated heterocycles. The van der Waals surface area contributed by atoms with E-state index in [2.05, 4.69) is 34.5 Å². The number of rotatable bonds is 6. The monoisotopic (exact) mass is 421 g/mol. The van der Waals surface area contributed by atoms with E-state index in [-0.39, 0.29) is 24.2 Å². The standard InChI is InChI=1S/C25H25F2N3O/c26-21-11-12-23(22(27)17-21)28-18-24(31)29-13-15-30(16-14-29)25(19-7-3-1-4-8-19)20-9-5-2-6-10-20/h1-12,17,25,28H,13-16,18H2. The van der Waals surface area contributed by atoms with Crippen molar-refractivity contribution in [3.8, 4) is 0 Å². The molecule has 160 valence electrons. The van der Waals surface area contributed by atoms with Gasteiger partial charge >= 0.3 is 0 Å². The molecule has 0 aromatic heterocycles. The summed E-state index contributed by atoms with van der Waals surface area (Å²) in [7, 11) is 0. The lowest BCUT2D eigenvalue weighted by Gasteiger charge is -2.39. The van der Waals surface area contributed by atoms with Crippen molar-refractivity contribution in [2.45, 2.75) is 6.04 Å². The molecule has 1 aliphatic rings. The van der Waals surface area contributed by atoms with Gasteiger partial charge < -0.3 is 10.2 Å². The molecule has 0 unspecified atom stereocenters. The third-order valence-electron chi connectivity index (χ3n) is 5.62. The van der Waals surface area contributed by atoms with Gasteiger partial charge in [0.15, 0.2) is 0 Å². The molecule has 0 aliphatic carbocycles. The summed E-state index contributed by atoms with van der Waals surface area (Å²) in [5.41, 5.74) is 2.57. The predicted octanol–water partition coefficient (Wildman–Crippen LogP) is 4.31.